The molecule has 2 unspecified atom stereocenters. The normalized spacial score (nSPS) is 13.3. The fraction of sp³-hybridized carbons (Fsp3) is 0.467. The lowest BCUT2D eigenvalue weighted by Crippen LogP contribution is -2.45. The quantitative estimate of drug-likeness (QED) is 0.804. The zero-order chi connectivity index (χ0) is 16.9. The third kappa shape index (κ3) is 5.63. The summed E-state index contributed by atoms with van der Waals surface area (Å²) < 4.78 is 14.5. The van der Waals surface area contributed by atoms with Gasteiger partial charge in [-0.25, -0.2) is 9.18 Å². The van der Waals surface area contributed by atoms with Gasteiger partial charge in [0.25, 0.3) is 0 Å². The number of amides is 2. The van der Waals surface area contributed by atoms with Crippen molar-refractivity contribution in [2.45, 2.75) is 26.3 Å². The Morgan fingerprint density at radius 2 is 2.05 bits per heavy atom. The zero-order valence-electron chi connectivity index (χ0n) is 12.8. The van der Waals surface area contributed by atoms with Crippen LogP contribution >= 0.6 is 15.9 Å². The molecule has 22 heavy (non-hydrogen) atoms. The minimum absolute atomic E-state index is 0.110. The molecule has 0 aliphatic heterocycles. The van der Waals surface area contributed by atoms with Crippen LogP contribution in [0.4, 0.5) is 9.18 Å². The van der Waals surface area contributed by atoms with E-state index in [9.17, 15) is 14.0 Å². The van der Waals surface area contributed by atoms with Crippen LogP contribution < -0.4 is 5.32 Å². The highest BCUT2D eigenvalue weighted by Gasteiger charge is 2.19. The lowest BCUT2D eigenvalue weighted by Gasteiger charge is -2.23. The SMILES string of the molecule is CC(Cc1cc(Br)ccc1F)NC(=O)N(C)CC(C)C(=O)O. The van der Waals surface area contributed by atoms with Gasteiger partial charge in [0, 0.05) is 24.1 Å². The molecule has 0 aliphatic carbocycles. The topological polar surface area (TPSA) is 69.6 Å². The number of aliphatic carboxylic acids is 1. The van der Waals surface area contributed by atoms with Crippen LogP contribution in [0.2, 0.25) is 0 Å². The first-order valence-corrected chi connectivity index (χ1v) is 7.68. The molecule has 1 aromatic rings. The van der Waals surface area contributed by atoms with Crippen molar-refractivity contribution < 1.29 is 19.1 Å². The molecule has 2 N–H and O–H groups in total. The molecule has 1 rings (SSSR count). The van der Waals surface area contributed by atoms with Gasteiger partial charge >= 0.3 is 12.0 Å². The number of carboxylic acids is 1. The molecule has 122 valence electrons. The Bertz CT molecular complexity index is 554. The van der Waals surface area contributed by atoms with Gasteiger partial charge in [-0.2, -0.15) is 0 Å². The maximum atomic E-state index is 13.7. The summed E-state index contributed by atoms with van der Waals surface area (Å²) in [5.41, 5.74) is 0.503. The number of urea groups is 1. The van der Waals surface area contributed by atoms with E-state index in [1.54, 1.807) is 19.1 Å². The number of hydrogen-bond donors (Lipinski definition) is 2. The van der Waals surface area contributed by atoms with Crippen molar-refractivity contribution in [1.29, 1.82) is 0 Å². The van der Waals surface area contributed by atoms with Gasteiger partial charge in [-0.15, -0.1) is 0 Å². The second-order valence-electron chi connectivity index (χ2n) is 5.41. The number of carboxylic acid groups (broad SMARTS) is 1. The average molecular weight is 375 g/mol. The molecule has 0 spiro atoms. The Morgan fingerprint density at radius 1 is 1.41 bits per heavy atom. The van der Waals surface area contributed by atoms with Crippen LogP contribution in [0, 0.1) is 11.7 Å². The molecule has 0 aliphatic rings. The van der Waals surface area contributed by atoms with Gasteiger partial charge in [-0.05, 0) is 37.1 Å². The highest BCUT2D eigenvalue weighted by molar-refractivity contribution is 9.10. The molecule has 2 amide bonds. The summed E-state index contributed by atoms with van der Waals surface area (Å²) in [6, 6.07) is 4.00. The monoisotopic (exact) mass is 374 g/mol. The van der Waals surface area contributed by atoms with Gasteiger partial charge in [0.05, 0.1) is 5.92 Å². The molecular weight excluding hydrogens is 355 g/mol. The molecule has 0 saturated heterocycles. The minimum Gasteiger partial charge on any atom is -0.481 e. The fourth-order valence-corrected chi connectivity index (χ4v) is 2.38. The van der Waals surface area contributed by atoms with Crippen LogP contribution in [0.25, 0.3) is 0 Å². The molecule has 0 aromatic heterocycles. The van der Waals surface area contributed by atoms with E-state index in [0.717, 1.165) is 4.47 Å². The van der Waals surface area contributed by atoms with Gasteiger partial charge in [0.2, 0.25) is 0 Å². The van der Waals surface area contributed by atoms with E-state index in [2.05, 4.69) is 21.2 Å². The van der Waals surface area contributed by atoms with Crippen molar-refractivity contribution in [1.82, 2.24) is 10.2 Å². The van der Waals surface area contributed by atoms with E-state index in [1.807, 2.05) is 0 Å². The molecule has 0 heterocycles. The second kappa shape index (κ2) is 8.12. The Hall–Kier alpha value is -1.63. The van der Waals surface area contributed by atoms with E-state index in [-0.39, 0.29) is 24.4 Å². The number of carbonyl (C=O) groups is 2. The van der Waals surface area contributed by atoms with Crippen molar-refractivity contribution in [3.63, 3.8) is 0 Å². The van der Waals surface area contributed by atoms with Gasteiger partial charge in [-0.3, -0.25) is 4.79 Å². The van der Waals surface area contributed by atoms with E-state index in [0.29, 0.717) is 12.0 Å². The number of hydrogen-bond acceptors (Lipinski definition) is 2. The first-order valence-electron chi connectivity index (χ1n) is 6.89. The van der Waals surface area contributed by atoms with E-state index in [4.69, 9.17) is 5.11 Å². The van der Waals surface area contributed by atoms with Gasteiger partial charge < -0.3 is 15.3 Å². The average Bonchev–Trinajstić information content (AvgIpc) is 2.42. The van der Waals surface area contributed by atoms with Crippen LogP contribution in [0.5, 0.6) is 0 Å². The molecule has 2 atom stereocenters. The van der Waals surface area contributed by atoms with Crippen LogP contribution in [0.1, 0.15) is 19.4 Å². The number of halogens is 2. The van der Waals surface area contributed by atoms with Crippen molar-refractivity contribution in [3.05, 3.63) is 34.1 Å². The number of benzene rings is 1. The van der Waals surface area contributed by atoms with Crippen LogP contribution in [-0.4, -0.2) is 41.6 Å². The standard InChI is InChI=1S/C15H20BrFN2O3/c1-9(14(20)21)8-19(3)15(22)18-10(2)6-11-7-12(16)4-5-13(11)17/h4-5,7,9-10H,6,8H2,1-3H3,(H,18,22)(H,20,21). The largest absolute Gasteiger partial charge is 0.481 e. The molecule has 0 fully saturated rings. The Balaban J connectivity index is 2.57. The lowest BCUT2D eigenvalue weighted by molar-refractivity contribution is -0.141. The molecule has 5 nitrogen and oxygen atoms in total. The highest BCUT2D eigenvalue weighted by Crippen LogP contribution is 2.17. The summed E-state index contributed by atoms with van der Waals surface area (Å²) in [6.07, 6.45) is 0.347. The summed E-state index contributed by atoms with van der Waals surface area (Å²) in [7, 11) is 1.53. The molecule has 0 radical (unpaired) electrons. The maximum Gasteiger partial charge on any atom is 0.317 e. The highest BCUT2D eigenvalue weighted by atomic mass is 79.9. The third-order valence-corrected chi connectivity index (χ3v) is 3.71. The predicted octanol–water partition coefficient (Wildman–Crippen LogP) is 2.88. The fourth-order valence-electron chi connectivity index (χ4n) is 1.97. The number of nitrogens with zero attached hydrogens (tertiary/aromatic N) is 1. The molecule has 1 aromatic carbocycles. The van der Waals surface area contributed by atoms with Crippen molar-refractivity contribution >= 4 is 27.9 Å². The van der Waals surface area contributed by atoms with E-state index < -0.39 is 11.9 Å². The summed E-state index contributed by atoms with van der Waals surface area (Å²) in [5.74, 6) is -1.92. The van der Waals surface area contributed by atoms with Gasteiger partial charge in [0.15, 0.2) is 0 Å². The van der Waals surface area contributed by atoms with Crippen molar-refractivity contribution in [2.24, 2.45) is 5.92 Å². The lowest BCUT2D eigenvalue weighted by atomic mass is 10.1. The summed E-state index contributed by atoms with van der Waals surface area (Å²) >= 11 is 3.28. The molecule has 0 bridgehead atoms. The van der Waals surface area contributed by atoms with Crippen LogP contribution in [-0.2, 0) is 11.2 Å². The first-order chi connectivity index (χ1) is 10.2. The summed E-state index contributed by atoms with van der Waals surface area (Å²) in [4.78, 5) is 24.1. The van der Waals surface area contributed by atoms with Gasteiger partial charge in [0.1, 0.15) is 5.82 Å². The minimum atomic E-state index is -0.955. The van der Waals surface area contributed by atoms with E-state index in [1.165, 1.54) is 24.9 Å². The van der Waals surface area contributed by atoms with Gasteiger partial charge in [-0.1, -0.05) is 22.9 Å². The third-order valence-electron chi connectivity index (χ3n) is 3.22. The summed E-state index contributed by atoms with van der Waals surface area (Å²) in [6.45, 7) is 3.41. The second-order valence-corrected chi connectivity index (χ2v) is 6.33. The maximum absolute atomic E-state index is 13.7. The summed E-state index contributed by atoms with van der Waals surface area (Å²) in [5, 5.41) is 11.6. The Morgan fingerprint density at radius 3 is 2.64 bits per heavy atom. The first kappa shape index (κ1) is 18.4. The van der Waals surface area contributed by atoms with E-state index >= 15 is 0 Å². The van der Waals surface area contributed by atoms with Crippen LogP contribution in [0.3, 0.4) is 0 Å². The predicted molar refractivity (Wildman–Crippen MR) is 85.2 cm³/mol. The number of nitrogens with one attached hydrogen (secondary N) is 1. The van der Waals surface area contributed by atoms with Crippen molar-refractivity contribution in [2.75, 3.05) is 13.6 Å². The Labute approximate surface area is 137 Å². The zero-order valence-corrected chi connectivity index (χ0v) is 14.4. The smallest absolute Gasteiger partial charge is 0.317 e. The van der Waals surface area contributed by atoms with Crippen molar-refractivity contribution in [3.8, 4) is 0 Å². The molecule has 7 heteroatoms. The molecular formula is C15H20BrFN2O3. The molecule has 0 saturated carbocycles. The number of rotatable bonds is 6. The van der Waals surface area contributed by atoms with Crippen LogP contribution in [0.15, 0.2) is 22.7 Å². The Kier molecular flexibility index (Phi) is 6.80. The number of carbonyl (C=O) groups excluding carboxylic acids is 1.